The summed E-state index contributed by atoms with van der Waals surface area (Å²) >= 11 is 9.67. The molecule has 3 aromatic rings. The molecule has 9 heteroatoms. The van der Waals surface area contributed by atoms with Gasteiger partial charge in [0.2, 0.25) is 0 Å². The summed E-state index contributed by atoms with van der Waals surface area (Å²) in [6.45, 7) is 2.17. The molecule has 1 aliphatic heterocycles. The summed E-state index contributed by atoms with van der Waals surface area (Å²) in [5, 5.41) is 9.91. The zero-order chi connectivity index (χ0) is 22.0. The molecule has 4 rings (SSSR count). The molecule has 1 atom stereocenters. The van der Waals surface area contributed by atoms with Crippen LogP contribution in [-0.2, 0) is 9.53 Å². The van der Waals surface area contributed by atoms with Crippen molar-refractivity contribution in [1.82, 2.24) is 4.90 Å². The van der Waals surface area contributed by atoms with Crippen molar-refractivity contribution in [1.29, 1.82) is 0 Å². The molecule has 1 N–H and O–H groups in total. The Morgan fingerprint density at radius 1 is 1.29 bits per heavy atom. The Balaban J connectivity index is 1.56. The Morgan fingerprint density at radius 3 is 2.94 bits per heavy atom. The highest BCUT2D eigenvalue weighted by molar-refractivity contribution is 9.10. The number of hydrogen-bond donors (Lipinski definition) is 1. The van der Waals surface area contributed by atoms with Crippen molar-refractivity contribution in [2.24, 2.45) is 0 Å². The van der Waals surface area contributed by atoms with Crippen LogP contribution in [0.25, 0.3) is 22.3 Å². The Morgan fingerprint density at radius 2 is 2.13 bits per heavy atom. The lowest BCUT2D eigenvalue weighted by Gasteiger charge is -2.30. The lowest BCUT2D eigenvalue weighted by atomic mass is 10.1. The average Bonchev–Trinajstić information content (AvgIpc) is 2.75. The molecule has 1 aliphatic rings. The maximum absolute atomic E-state index is 12.6. The van der Waals surface area contributed by atoms with Gasteiger partial charge in [-0.05, 0) is 30.3 Å². The first-order valence-corrected chi connectivity index (χ1v) is 10.8. The topological polar surface area (TPSA) is 89.2 Å². The third-order valence-corrected chi connectivity index (χ3v) is 5.80. The molecule has 31 heavy (non-hydrogen) atoms. The van der Waals surface area contributed by atoms with Gasteiger partial charge in [-0.2, -0.15) is 0 Å². The smallest absolute Gasteiger partial charge is 0.334 e. The molecule has 0 saturated carbocycles. The van der Waals surface area contributed by atoms with Crippen LogP contribution in [0.5, 0.6) is 5.75 Å². The van der Waals surface area contributed by atoms with Crippen molar-refractivity contribution in [3.8, 4) is 17.1 Å². The first-order valence-electron chi connectivity index (χ1n) is 9.64. The largest absolute Gasteiger partial charge is 0.491 e. The van der Waals surface area contributed by atoms with Gasteiger partial charge in [0.15, 0.2) is 17.1 Å². The van der Waals surface area contributed by atoms with E-state index in [2.05, 4.69) is 15.9 Å². The molecule has 1 unspecified atom stereocenters. The highest BCUT2D eigenvalue weighted by atomic mass is 79.9. The van der Waals surface area contributed by atoms with Gasteiger partial charge in [-0.3, -0.25) is 9.69 Å². The van der Waals surface area contributed by atoms with Gasteiger partial charge in [0.1, 0.15) is 18.1 Å². The molecular weight excluding hydrogens is 490 g/mol. The summed E-state index contributed by atoms with van der Waals surface area (Å²) in [4.78, 5) is 25.7. The number of ether oxygens (including phenoxy) is 2. The number of fused-ring (bicyclic) bond motifs is 1. The van der Waals surface area contributed by atoms with Crippen molar-refractivity contribution < 1.29 is 23.8 Å². The van der Waals surface area contributed by atoms with Crippen LogP contribution in [-0.4, -0.2) is 54.9 Å². The van der Waals surface area contributed by atoms with Crippen LogP contribution in [0.4, 0.5) is 0 Å². The standard InChI is InChI=1S/C22H19BrClNO6/c23-13-4-5-15(19-11-17(26)14-2-1-3-16(24)21(14)31-19)18(10-13)29-8-6-25-7-9-30-20(12-25)22(27)28/h1-5,10-11,20H,6-9,12H2,(H,27,28). The molecule has 0 aliphatic carbocycles. The number of carboxylic acids is 1. The summed E-state index contributed by atoms with van der Waals surface area (Å²) < 4.78 is 18.0. The second-order valence-corrected chi connectivity index (χ2v) is 8.40. The van der Waals surface area contributed by atoms with Crippen LogP contribution in [0.1, 0.15) is 0 Å². The fraction of sp³-hybridized carbons (Fsp3) is 0.273. The lowest BCUT2D eigenvalue weighted by molar-refractivity contribution is -0.156. The molecule has 0 amide bonds. The van der Waals surface area contributed by atoms with Crippen molar-refractivity contribution in [3.63, 3.8) is 0 Å². The van der Waals surface area contributed by atoms with Gasteiger partial charge >= 0.3 is 5.97 Å². The van der Waals surface area contributed by atoms with Crippen molar-refractivity contribution >= 4 is 44.5 Å². The van der Waals surface area contributed by atoms with E-state index in [1.165, 1.54) is 6.07 Å². The third-order valence-electron chi connectivity index (χ3n) is 5.01. The van der Waals surface area contributed by atoms with Gasteiger partial charge in [-0.15, -0.1) is 0 Å². The fourth-order valence-electron chi connectivity index (χ4n) is 3.43. The number of nitrogens with zero attached hydrogens (tertiary/aromatic N) is 1. The van der Waals surface area contributed by atoms with E-state index in [0.717, 1.165) is 4.47 Å². The van der Waals surface area contributed by atoms with Gasteiger partial charge in [-0.1, -0.05) is 33.6 Å². The number of rotatable bonds is 6. The zero-order valence-electron chi connectivity index (χ0n) is 16.3. The van der Waals surface area contributed by atoms with Gasteiger partial charge in [-0.25, -0.2) is 4.79 Å². The number of para-hydroxylation sites is 1. The van der Waals surface area contributed by atoms with E-state index in [1.54, 1.807) is 30.3 Å². The number of morpholine rings is 1. The summed E-state index contributed by atoms with van der Waals surface area (Å²) in [5.74, 6) is -0.0812. The number of carboxylic acid groups (broad SMARTS) is 1. The lowest BCUT2D eigenvalue weighted by Crippen LogP contribution is -2.47. The van der Waals surface area contributed by atoms with E-state index >= 15 is 0 Å². The monoisotopic (exact) mass is 507 g/mol. The molecule has 162 valence electrons. The first kappa shape index (κ1) is 21.8. The van der Waals surface area contributed by atoms with Crippen LogP contribution in [0, 0.1) is 0 Å². The number of halogens is 2. The van der Waals surface area contributed by atoms with Gasteiger partial charge in [0, 0.05) is 30.2 Å². The van der Waals surface area contributed by atoms with E-state index < -0.39 is 12.1 Å². The maximum Gasteiger partial charge on any atom is 0.334 e. The summed E-state index contributed by atoms with van der Waals surface area (Å²) in [6.07, 6.45) is -0.827. The minimum atomic E-state index is -0.968. The van der Waals surface area contributed by atoms with E-state index in [-0.39, 0.29) is 5.43 Å². The van der Waals surface area contributed by atoms with E-state index in [0.29, 0.717) is 65.9 Å². The van der Waals surface area contributed by atoms with Crippen LogP contribution >= 0.6 is 27.5 Å². The summed E-state index contributed by atoms with van der Waals surface area (Å²) in [5.41, 5.74) is 0.752. The Kier molecular flexibility index (Phi) is 6.62. The molecule has 7 nitrogen and oxygen atoms in total. The van der Waals surface area contributed by atoms with Crippen LogP contribution < -0.4 is 10.2 Å². The minimum absolute atomic E-state index is 0.194. The van der Waals surface area contributed by atoms with E-state index in [1.807, 2.05) is 11.0 Å². The zero-order valence-corrected chi connectivity index (χ0v) is 18.7. The summed E-state index contributed by atoms with van der Waals surface area (Å²) in [7, 11) is 0. The molecule has 2 heterocycles. The van der Waals surface area contributed by atoms with Gasteiger partial charge in [0.05, 0.1) is 22.6 Å². The quantitative estimate of drug-likeness (QED) is 0.537. The Hall–Kier alpha value is -2.39. The van der Waals surface area contributed by atoms with Crippen LogP contribution in [0.2, 0.25) is 5.02 Å². The van der Waals surface area contributed by atoms with E-state index in [4.69, 9.17) is 30.6 Å². The average molecular weight is 509 g/mol. The Bertz CT molecular complexity index is 1180. The molecule has 1 fully saturated rings. The van der Waals surface area contributed by atoms with Crippen LogP contribution in [0.3, 0.4) is 0 Å². The highest BCUT2D eigenvalue weighted by Gasteiger charge is 2.26. The minimum Gasteiger partial charge on any atom is -0.491 e. The van der Waals surface area contributed by atoms with Crippen LogP contribution in [0.15, 0.2) is 56.1 Å². The van der Waals surface area contributed by atoms with Gasteiger partial charge < -0.3 is 19.0 Å². The molecular formula is C22H19BrClNO6. The predicted octanol–water partition coefficient (Wildman–Crippen LogP) is 4.04. The third kappa shape index (κ3) is 4.93. The first-order chi connectivity index (χ1) is 14.9. The molecule has 1 aromatic heterocycles. The predicted molar refractivity (Wildman–Crippen MR) is 120 cm³/mol. The molecule has 2 aromatic carbocycles. The normalized spacial score (nSPS) is 17.0. The second kappa shape index (κ2) is 9.40. The molecule has 0 radical (unpaired) electrons. The molecule has 0 bridgehead atoms. The molecule has 0 spiro atoms. The number of hydrogen-bond acceptors (Lipinski definition) is 6. The number of benzene rings is 2. The fourth-order valence-corrected chi connectivity index (χ4v) is 3.99. The van der Waals surface area contributed by atoms with Crippen molar-refractivity contribution in [2.75, 3.05) is 32.8 Å². The van der Waals surface area contributed by atoms with Gasteiger partial charge in [0.25, 0.3) is 0 Å². The SMILES string of the molecule is O=C(O)C1CN(CCOc2cc(Br)ccc2-c2cc(=O)c3cccc(Cl)c3o2)CCO1. The summed E-state index contributed by atoms with van der Waals surface area (Å²) in [6, 6.07) is 11.9. The second-order valence-electron chi connectivity index (χ2n) is 7.08. The number of carbonyl (C=O) groups is 1. The molecule has 1 saturated heterocycles. The van der Waals surface area contributed by atoms with Crippen molar-refractivity contribution in [3.05, 3.63) is 62.2 Å². The van der Waals surface area contributed by atoms with Crippen molar-refractivity contribution in [2.45, 2.75) is 6.10 Å². The number of aliphatic carboxylic acids is 1. The van der Waals surface area contributed by atoms with E-state index in [9.17, 15) is 9.59 Å². The Labute approximate surface area is 191 Å². The maximum atomic E-state index is 12.6. The highest BCUT2D eigenvalue weighted by Crippen LogP contribution is 2.34.